The van der Waals surface area contributed by atoms with Crippen molar-refractivity contribution >= 4 is 11.5 Å². The Morgan fingerprint density at radius 1 is 1.17 bits per heavy atom. The third-order valence-corrected chi connectivity index (χ3v) is 5.86. The summed E-state index contributed by atoms with van der Waals surface area (Å²) in [5.41, 5.74) is 4.62. The summed E-state index contributed by atoms with van der Waals surface area (Å²) in [6.07, 6.45) is 2.00. The summed E-state index contributed by atoms with van der Waals surface area (Å²) < 4.78 is 0. The number of ketones is 1. The molecular formula is C21H24N2O. The smallest absolute Gasteiger partial charge is 0.167 e. The lowest BCUT2D eigenvalue weighted by Gasteiger charge is -2.32. The van der Waals surface area contributed by atoms with Gasteiger partial charge in [0.05, 0.1) is 6.17 Å². The molecule has 0 aliphatic carbocycles. The SMILES string of the molecule is CN1CCC2(C)c3cc(C(=O)Cc4ccccc4)ccc3N(C)C12. The number of benzene rings is 2. The summed E-state index contributed by atoms with van der Waals surface area (Å²) >= 11 is 0. The molecule has 1 fully saturated rings. The lowest BCUT2D eigenvalue weighted by atomic mass is 9.80. The molecule has 2 aromatic carbocycles. The van der Waals surface area contributed by atoms with Crippen LogP contribution < -0.4 is 4.90 Å². The molecule has 1 saturated heterocycles. The third kappa shape index (κ3) is 2.19. The summed E-state index contributed by atoms with van der Waals surface area (Å²) in [7, 11) is 4.36. The molecule has 3 heteroatoms. The van der Waals surface area contributed by atoms with Crippen LogP contribution in [-0.4, -0.2) is 37.5 Å². The Kier molecular flexibility index (Phi) is 3.50. The van der Waals surface area contributed by atoms with Gasteiger partial charge in [0.2, 0.25) is 0 Å². The van der Waals surface area contributed by atoms with Crippen LogP contribution in [0.3, 0.4) is 0 Å². The molecule has 0 amide bonds. The Hall–Kier alpha value is -2.13. The fourth-order valence-electron chi connectivity index (χ4n) is 4.63. The highest BCUT2D eigenvalue weighted by molar-refractivity contribution is 5.98. The number of likely N-dealkylation sites (tertiary alicyclic amines) is 1. The average molecular weight is 320 g/mol. The molecule has 0 spiro atoms. The van der Waals surface area contributed by atoms with E-state index in [0.29, 0.717) is 12.6 Å². The van der Waals surface area contributed by atoms with Crippen LogP contribution in [0.25, 0.3) is 0 Å². The van der Waals surface area contributed by atoms with Gasteiger partial charge in [-0.3, -0.25) is 9.69 Å². The van der Waals surface area contributed by atoms with Gasteiger partial charge in [-0.2, -0.15) is 0 Å². The summed E-state index contributed by atoms with van der Waals surface area (Å²) in [4.78, 5) is 17.5. The molecule has 24 heavy (non-hydrogen) atoms. The zero-order valence-electron chi connectivity index (χ0n) is 14.6. The van der Waals surface area contributed by atoms with Crippen LogP contribution in [0, 0.1) is 0 Å². The number of hydrogen-bond donors (Lipinski definition) is 0. The van der Waals surface area contributed by atoms with Gasteiger partial charge in [0, 0.05) is 36.7 Å². The number of carbonyl (C=O) groups excluding carboxylic acids is 1. The fourth-order valence-corrected chi connectivity index (χ4v) is 4.63. The molecule has 0 saturated carbocycles. The van der Waals surface area contributed by atoms with E-state index >= 15 is 0 Å². The molecule has 0 aromatic heterocycles. The predicted octanol–water partition coefficient (Wildman–Crippen LogP) is 3.48. The van der Waals surface area contributed by atoms with E-state index in [-0.39, 0.29) is 11.2 Å². The number of Topliss-reactive ketones (excluding diaryl/α,β-unsaturated/α-hetero) is 1. The van der Waals surface area contributed by atoms with Crippen molar-refractivity contribution in [3.05, 3.63) is 65.2 Å². The predicted molar refractivity (Wildman–Crippen MR) is 97.7 cm³/mol. The zero-order valence-corrected chi connectivity index (χ0v) is 14.6. The Labute approximate surface area is 143 Å². The van der Waals surface area contributed by atoms with Gasteiger partial charge in [-0.15, -0.1) is 0 Å². The van der Waals surface area contributed by atoms with Crippen molar-refractivity contribution in [1.29, 1.82) is 0 Å². The third-order valence-electron chi connectivity index (χ3n) is 5.86. The van der Waals surface area contributed by atoms with Crippen molar-refractivity contribution in [2.75, 3.05) is 25.5 Å². The van der Waals surface area contributed by atoms with Crippen molar-refractivity contribution in [2.45, 2.75) is 31.3 Å². The normalized spacial score (nSPS) is 25.6. The largest absolute Gasteiger partial charge is 0.358 e. The maximum atomic E-state index is 12.7. The molecular weight excluding hydrogens is 296 g/mol. The lowest BCUT2D eigenvalue weighted by Crippen LogP contribution is -2.45. The molecule has 0 N–H and O–H groups in total. The number of carbonyl (C=O) groups is 1. The first-order valence-electron chi connectivity index (χ1n) is 8.65. The highest BCUT2D eigenvalue weighted by atomic mass is 16.1. The monoisotopic (exact) mass is 320 g/mol. The van der Waals surface area contributed by atoms with Gasteiger partial charge < -0.3 is 4.90 Å². The van der Waals surface area contributed by atoms with Gasteiger partial charge in [0.15, 0.2) is 5.78 Å². The number of anilines is 1. The maximum absolute atomic E-state index is 12.7. The van der Waals surface area contributed by atoms with Gasteiger partial charge >= 0.3 is 0 Å². The van der Waals surface area contributed by atoms with Gasteiger partial charge in [-0.25, -0.2) is 0 Å². The van der Waals surface area contributed by atoms with E-state index in [4.69, 9.17) is 0 Å². The number of hydrogen-bond acceptors (Lipinski definition) is 3. The summed E-state index contributed by atoms with van der Waals surface area (Å²) in [6.45, 7) is 3.45. The molecule has 3 nitrogen and oxygen atoms in total. The first-order chi connectivity index (χ1) is 11.5. The van der Waals surface area contributed by atoms with Crippen LogP contribution >= 0.6 is 0 Å². The number of rotatable bonds is 3. The van der Waals surface area contributed by atoms with E-state index in [1.54, 1.807) is 0 Å². The Morgan fingerprint density at radius 3 is 2.67 bits per heavy atom. The second-order valence-electron chi connectivity index (χ2n) is 7.45. The quantitative estimate of drug-likeness (QED) is 0.809. The van der Waals surface area contributed by atoms with Crippen molar-refractivity contribution in [3.63, 3.8) is 0 Å². The minimum absolute atomic E-state index is 0.113. The van der Waals surface area contributed by atoms with Crippen LogP contribution in [0.5, 0.6) is 0 Å². The molecule has 2 heterocycles. The van der Waals surface area contributed by atoms with Crippen molar-refractivity contribution in [1.82, 2.24) is 4.90 Å². The molecule has 2 unspecified atom stereocenters. The van der Waals surface area contributed by atoms with E-state index in [2.05, 4.69) is 43.0 Å². The topological polar surface area (TPSA) is 23.6 Å². The Balaban J connectivity index is 1.67. The minimum Gasteiger partial charge on any atom is -0.358 e. The second kappa shape index (κ2) is 5.45. The summed E-state index contributed by atoms with van der Waals surface area (Å²) in [5, 5.41) is 0. The molecule has 124 valence electrons. The van der Waals surface area contributed by atoms with E-state index in [1.807, 2.05) is 36.4 Å². The number of likely N-dealkylation sites (N-methyl/N-ethyl adjacent to an activating group) is 2. The molecule has 0 radical (unpaired) electrons. The molecule has 0 bridgehead atoms. The van der Waals surface area contributed by atoms with Crippen LogP contribution in [0.2, 0.25) is 0 Å². The summed E-state index contributed by atoms with van der Waals surface area (Å²) in [5.74, 6) is 0.199. The van der Waals surface area contributed by atoms with Gasteiger partial charge in [0.25, 0.3) is 0 Å². The fraction of sp³-hybridized carbons (Fsp3) is 0.381. The van der Waals surface area contributed by atoms with Crippen molar-refractivity contribution in [2.24, 2.45) is 0 Å². The zero-order chi connectivity index (χ0) is 16.9. The molecule has 2 atom stereocenters. The van der Waals surface area contributed by atoms with Crippen LogP contribution in [0.15, 0.2) is 48.5 Å². The Bertz CT molecular complexity index is 786. The second-order valence-corrected chi connectivity index (χ2v) is 7.45. The van der Waals surface area contributed by atoms with Crippen molar-refractivity contribution < 1.29 is 4.79 Å². The number of fused-ring (bicyclic) bond motifs is 3. The highest BCUT2D eigenvalue weighted by Gasteiger charge is 2.52. The van der Waals surface area contributed by atoms with Crippen LogP contribution in [-0.2, 0) is 11.8 Å². The van der Waals surface area contributed by atoms with Gasteiger partial charge in [0.1, 0.15) is 0 Å². The average Bonchev–Trinajstić information content (AvgIpc) is 3.01. The van der Waals surface area contributed by atoms with Gasteiger partial charge in [-0.05, 0) is 42.8 Å². The molecule has 2 aliphatic heterocycles. The lowest BCUT2D eigenvalue weighted by molar-refractivity contribution is 0.0993. The van der Waals surface area contributed by atoms with Crippen LogP contribution in [0.1, 0.15) is 34.8 Å². The first-order valence-corrected chi connectivity index (χ1v) is 8.65. The maximum Gasteiger partial charge on any atom is 0.167 e. The van der Waals surface area contributed by atoms with E-state index in [1.165, 1.54) is 11.3 Å². The first kappa shape index (κ1) is 15.4. The van der Waals surface area contributed by atoms with E-state index < -0.39 is 0 Å². The minimum atomic E-state index is 0.113. The molecule has 2 aliphatic rings. The molecule has 2 aromatic rings. The standard InChI is InChI=1S/C21H24N2O/c1-21-11-12-22(2)20(21)23(3)18-10-9-16(14-17(18)21)19(24)13-15-7-5-4-6-8-15/h4-10,14,20H,11-13H2,1-3H3. The number of nitrogens with zero attached hydrogens (tertiary/aromatic N) is 2. The van der Waals surface area contributed by atoms with Gasteiger partial charge in [-0.1, -0.05) is 37.3 Å². The highest BCUT2D eigenvalue weighted by Crippen LogP contribution is 2.51. The van der Waals surface area contributed by atoms with Crippen LogP contribution in [0.4, 0.5) is 5.69 Å². The molecule has 4 rings (SSSR count). The van der Waals surface area contributed by atoms with E-state index in [0.717, 1.165) is 24.1 Å². The Morgan fingerprint density at radius 2 is 1.92 bits per heavy atom. The van der Waals surface area contributed by atoms with Crippen molar-refractivity contribution in [3.8, 4) is 0 Å². The summed E-state index contributed by atoms with van der Waals surface area (Å²) in [6, 6.07) is 16.3. The van der Waals surface area contributed by atoms with E-state index in [9.17, 15) is 4.79 Å².